The second-order valence-corrected chi connectivity index (χ2v) is 4.00. The summed E-state index contributed by atoms with van der Waals surface area (Å²) in [6, 6.07) is 19.5. The number of para-hydroxylation sites is 2. The van der Waals surface area contributed by atoms with E-state index in [4.69, 9.17) is 9.47 Å². The van der Waals surface area contributed by atoms with Crippen LogP contribution in [0.5, 0.6) is 11.5 Å². The smallest absolute Gasteiger partial charge is 0.119 e. The molecule has 0 amide bonds. The van der Waals surface area contributed by atoms with Crippen molar-refractivity contribution >= 4 is 0 Å². The lowest BCUT2D eigenvalue weighted by atomic mass is 10.3. The van der Waals surface area contributed by atoms with Gasteiger partial charge >= 0.3 is 0 Å². The lowest BCUT2D eigenvalue weighted by molar-refractivity contribution is 0.242. The van der Waals surface area contributed by atoms with E-state index >= 15 is 0 Å². The maximum absolute atomic E-state index is 5.41. The van der Waals surface area contributed by atoms with Crippen molar-refractivity contribution in [2.75, 3.05) is 7.11 Å². The van der Waals surface area contributed by atoms with Gasteiger partial charge in [0.1, 0.15) is 11.5 Å². The Balaban J connectivity index is 0.000000184. The van der Waals surface area contributed by atoms with Crippen LogP contribution in [0.25, 0.3) is 0 Å². The summed E-state index contributed by atoms with van der Waals surface area (Å²) < 4.78 is 10.3. The SMILES string of the molecule is CC(C)Oc1ccccc1.COc1ccccc1. The summed E-state index contributed by atoms with van der Waals surface area (Å²) in [5, 5.41) is 0. The number of methoxy groups -OCH3 is 1. The van der Waals surface area contributed by atoms with Crippen LogP contribution in [0.2, 0.25) is 0 Å². The highest BCUT2D eigenvalue weighted by molar-refractivity contribution is 5.21. The van der Waals surface area contributed by atoms with Crippen molar-refractivity contribution in [1.29, 1.82) is 0 Å². The Bertz CT molecular complexity index is 410. The Morgan fingerprint density at radius 3 is 1.50 bits per heavy atom. The van der Waals surface area contributed by atoms with E-state index in [-0.39, 0.29) is 6.10 Å². The highest BCUT2D eigenvalue weighted by Crippen LogP contribution is 2.09. The zero-order valence-corrected chi connectivity index (χ0v) is 11.2. The maximum atomic E-state index is 5.41. The predicted octanol–water partition coefficient (Wildman–Crippen LogP) is 4.17. The largest absolute Gasteiger partial charge is 0.497 e. The molecule has 0 N–H and O–H groups in total. The predicted molar refractivity (Wildman–Crippen MR) is 75.2 cm³/mol. The molecule has 0 aliphatic rings. The third-order valence-corrected chi connectivity index (χ3v) is 2.09. The molecule has 0 aromatic heterocycles. The van der Waals surface area contributed by atoms with E-state index in [1.54, 1.807) is 7.11 Å². The van der Waals surface area contributed by atoms with Gasteiger partial charge in [0, 0.05) is 0 Å². The van der Waals surface area contributed by atoms with Crippen molar-refractivity contribution in [3.8, 4) is 11.5 Å². The molecule has 2 rings (SSSR count). The van der Waals surface area contributed by atoms with Gasteiger partial charge in [-0.2, -0.15) is 0 Å². The van der Waals surface area contributed by atoms with Crippen molar-refractivity contribution in [2.45, 2.75) is 20.0 Å². The standard InChI is InChI=1S/C9H12O.C7H8O/c1-8(2)10-9-6-4-3-5-7-9;1-8-7-5-3-2-4-6-7/h3-8H,1-2H3;2-6H,1H3. The molecule has 2 heteroatoms. The van der Waals surface area contributed by atoms with Gasteiger partial charge in [-0.3, -0.25) is 0 Å². The van der Waals surface area contributed by atoms with E-state index in [0.717, 1.165) is 11.5 Å². The molecule has 0 saturated heterocycles. The fourth-order valence-corrected chi connectivity index (χ4v) is 1.33. The van der Waals surface area contributed by atoms with Gasteiger partial charge in [-0.15, -0.1) is 0 Å². The van der Waals surface area contributed by atoms with Crippen molar-refractivity contribution in [2.24, 2.45) is 0 Å². The van der Waals surface area contributed by atoms with Crippen molar-refractivity contribution < 1.29 is 9.47 Å². The third kappa shape index (κ3) is 5.94. The van der Waals surface area contributed by atoms with Crippen LogP contribution in [-0.4, -0.2) is 13.2 Å². The van der Waals surface area contributed by atoms with Crippen LogP contribution in [0.4, 0.5) is 0 Å². The van der Waals surface area contributed by atoms with Gasteiger partial charge in [0.05, 0.1) is 13.2 Å². The fourth-order valence-electron chi connectivity index (χ4n) is 1.33. The van der Waals surface area contributed by atoms with E-state index < -0.39 is 0 Å². The molecule has 0 aliphatic carbocycles. The molecule has 0 fully saturated rings. The molecular weight excluding hydrogens is 224 g/mol. The summed E-state index contributed by atoms with van der Waals surface area (Å²) in [6.07, 6.45) is 0.266. The first-order chi connectivity index (χ1) is 8.72. The Labute approximate surface area is 109 Å². The molecule has 0 bridgehead atoms. The van der Waals surface area contributed by atoms with Gasteiger partial charge in [0.2, 0.25) is 0 Å². The Morgan fingerprint density at radius 2 is 1.17 bits per heavy atom. The van der Waals surface area contributed by atoms with E-state index in [0.29, 0.717) is 0 Å². The van der Waals surface area contributed by atoms with Gasteiger partial charge in [-0.05, 0) is 38.1 Å². The first kappa shape index (κ1) is 14.1. The molecule has 96 valence electrons. The number of hydrogen-bond acceptors (Lipinski definition) is 2. The molecule has 0 aliphatic heterocycles. The topological polar surface area (TPSA) is 18.5 Å². The average molecular weight is 244 g/mol. The van der Waals surface area contributed by atoms with E-state index in [1.165, 1.54) is 0 Å². The molecule has 0 spiro atoms. The minimum Gasteiger partial charge on any atom is -0.497 e. The van der Waals surface area contributed by atoms with Crippen molar-refractivity contribution in [1.82, 2.24) is 0 Å². The van der Waals surface area contributed by atoms with Gasteiger partial charge in [-0.1, -0.05) is 36.4 Å². The monoisotopic (exact) mass is 244 g/mol. The molecule has 18 heavy (non-hydrogen) atoms. The molecule has 0 atom stereocenters. The lowest BCUT2D eigenvalue weighted by Gasteiger charge is -2.07. The molecule has 0 saturated carbocycles. The van der Waals surface area contributed by atoms with Crippen LogP contribution in [0.15, 0.2) is 60.7 Å². The van der Waals surface area contributed by atoms with E-state index in [9.17, 15) is 0 Å². The number of benzene rings is 2. The summed E-state index contributed by atoms with van der Waals surface area (Å²) in [5.41, 5.74) is 0. The summed E-state index contributed by atoms with van der Waals surface area (Å²) in [7, 11) is 1.66. The van der Waals surface area contributed by atoms with Gasteiger partial charge in [0.25, 0.3) is 0 Å². The summed E-state index contributed by atoms with van der Waals surface area (Å²) in [4.78, 5) is 0. The number of rotatable bonds is 3. The molecule has 2 aromatic rings. The number of ether oxygens (including phenoxy) is 2. The number of hydrogen-bond donors (Lipinski definition) is 0. The van der Waals surface area contributed by atoms with Gasteiger partial charge in [-0.25, -0.2) is 0 Å². The molecule has 2 nitrogen and oxygen atoms in total. The zero-order valence-electron chi connectivity index (χ0n) is 11.2. The average Bonchev–Trinajstić information content (AvgIpc) is 2.41. The first-order valence-corrected chi connectivity index (χ1v) is 6.03. The van der Waals surface area contributed by atoms with E-state index in [1.807, 2.05) is 74.5 Å². The quantitative estimate of drug-likeness (QED) is 0.806. The molecule has 0 radical (unpaired) electrons. The minimum atomic E-state index is 0.266. The molecule has 0 heterocycles. The third-order valence-electron chi connectivity index (χ3n) is 2.09. The van der Waals surface area contributed by atoms with Crippen LogP contribution in [-0.2, 0) is 0 Å². The van der Waals surface area contributed by atoms with Crippen LogP contribution < -0.4 is 9.47 Å². The van der Waals surface area contributed by atoms with Crippen molar-refractivity contribution in [3.63, 3.8) is 0 Å². The highest BCUT2D eigenvalue weighted by Gasteiger charge is 1.92. The van der Waals surface area contributed by atoms with Crippen LogP contribution in [0.3, 0.4) is 0 Å². The Kier molecular flexibility index (Phi) is 6.41. The molecular formula is C16H20O2. The lowest BCUT2D eigenvalue weighted by Crippen LogP contribution is -2.04. The molecule has 0 unspecified atom stereocenters. The minimum absolute atomic E-state index is 0.266. The maximum Gasteiger partial charge on any atom is 0.119 e. The van der Waals surface area contributed by atoms with Crippen LogP contribution in [0, 0.1) is 0 Å². The Hall–Kier alpha value is -1.96. The van der Waals surface area contributed by atoms with Crippen LogP contribution in [0.1, 0.15) is 13.8 Å². The normalized spacial score (nSPS) is 9.33. The van der Waals surface area contributed by atoms with Crippen molar-refractivity contribution in [3.05, 3.63) is 60.7 Å². The summed E-state index contributed by atoms with van der Waals surface area (Å²) in [6.45, 7) is 4.04. The fraction of sp³-hybridized carbons (Fsp3) is 0.250. The van der Waals surface area contributed by atoms with Gasteiger partial charge in [0.15, 0.2) is 0 Å². The van der Waals surface area contributed by atoms with Gasteiger partial charge < -0.3 is 9.47 Å². The highest BCUT2D eigenvalue weighted by atomic mass is 16.5. The summed E-state index contributed by atoms with van der Waals surface area (Å²) in [5.74, 6) is 1.85. The van der Waals surface area contributed by atoms with E-state index in [2.05, 4.69) is 0 Å². The first-order valence-electron chi connectivity index (χ1n) is 6.03. The molecule has 2 aromatic carbocycles. The zero-order chi connectivity index (χ0) is 13.2. The van der Waals surface area contributed by atoms with Crippen LogP contribution >= 0.6 is 0 Å². The second-order valence-electron chi connectivity index (χ2n) is 4.00. The Morgan fingerprint density at radius 1 is 0.722 bits per heavy atom. The summed E-state index contributed by atoms with van der Waals surface area (Å²) >= 11 is 0. The second kappa shape index (κ2) is 8.18.